The van der Waals surface area contributed by atoms with E-state index in [0.29, 0.717) is 22.8 Å². The predicted molar refractivity (Wildman–Crippen MR) is 61.6 cm³/mol. The molecule has 0 aliphatic rings. The molecular weight excluding hydrogens is 230 g/mol. The third-order valence-electron chi connectivity index (χ3n) is 2.14. The molecule has 0 amide bonds. The summed E-state index contributed by atoms with van der Waals surface area (Å²) in [6, 6.07) is 4.60. The molecule has 0 aliphatic heterocycles. The molecule has 0 radical (unpaired) electrons. The van der Waals surface area contributed by atoms with Crippen LogP contribution in [0.3, 0.4) is 0 Å². The van der Waals surface area contributed by atoms with E-state index in [1.807, 2.05) is 0 Å². The first-order chi connectivity index (χ1) is 7.72. The Kier molecular flexibility index (Phi) is 4.92. The zero-order valence-electron chi connectivity index (χ0n) is 8.80. The van der Waals surface area contributed by atoms with E-state index in [1.165, 1.54) is 7.11 Å². The molecule has 0 aliphatic carbocycles. The number of ether oxygens (including phenoxy) is 1. The number of halogens is 1. The number of hydrogen-bond acceptors (Lipinski definition) is 3. The Balaban J connectivity index is 3.14. The van der Waals surface area contributed by atoms with Crippen LogP contribution in [-0.2, 0) is 0 Å². The van der Waals surface area contributed by atoms with E-state index in [-0.39, 0.29) is 6.61 Å². The van der Waals surface area contributed by atoms with Gasteiger partial charge in [-0.05, 0) is 30.2 Å². The molecule has 0 spiro atoms. The zero-order valence-corrected chi connectivity index (χ0v) is 9.55. The van der Waals surface area contributed by atoms with Crippen LogP contribution in [-0.4, -0.2) is 18.8 Å². The van der Waals surface area contributed by atoms with E-state index in [9.17, 15) is 0 Å². The predicted octanol–water partition coefficient (Wildman–Crippen LogP) is 3.08. The first-order valence-corrected chi connectivity index (χ1v) is 5.09. The van der Waals surface area contributed by atoms with E-state index in [2.05, 4.69) is 10.0 Å². The van der Waals surface area contributed by atoms with Crippen LogP contribution in [0.2, 0.25) is 5.02 Å². The van der Waals surface area contributed by atoms with E-state index in [4.69, 9.17) is 27.0 Å². The highest BCUT2D eigenvalue weighted by molar-refractivity contribution is 6.30. The van der Waals surface area contributed by atoms with Crippen molar-refractivity contribution >= 4 is 11.6 Å². The lowest BCUT2D eigenvalue weighted by molar-refractivity contribution is 0.275. The maximum absolute atomic E-state index is 8.90. The van der Waals surface area contributed by atoms with Crippen LogP contribution in [0.1, 0.15) is 18.0 Å². The molecular formula is C10H12ClN3O2. The first-order valence-electron chi connectivity index (χ1n) is 4.71. The second-order valence-corrected chi connectivity index (χ2v) is 3.56. The maximum atomic E-state index is 8.90. The van der Waals surface area contributed by atoms with Crippen LogP contribution >= 0.6 is 11.6 Å². The van der Waals surface area contributed by atoms with Gasteiger partial charge in [-0.2, -0.15) is 0 Å². The Bertz CT molecular complexity index is 405. The molecule has 1 aromatic carbocycles. The summed E-state index contributed by atoms with van der Waals surface area (Å²) in [5.74, 6) is 0.593. The minimum absolute atomic E-state index is 0.0701. The lowest BCUT2D eigenvalue weighted by atomic mass is 10.0. The van der Waals surface area contributed by atoms with E-state index < -0.39 is 6.04 Å². The number of hydrogen-bond donors (Lipinski definition) is 1. The van der Waals surface area contributed by atoms with Crippen LogP contribution in [0, 0.1) is 0 Å². The number of benzene rings is 1. The van der Waals surface area contributed by atoms with Crippen molar-refractivity contribution in [3.63, 3.8) is 0 Å². The van der Waals surface area contributed by atoms with Gasteiger partial charge >= 0.3 is 0 Å². The van der Waals surface area contributed by atoms with E-state index in [0.717, 1.165) is 0 Å². The number of rotatable bonds is 5. The van der Waals surface area contributed by atoms with Gasteiger partial charge in [0.1, 0.15) is 5.75 Å². The normalized spacial score (nSPS) is 11.7. The van der Waals surface area contributed by atoms with Gasteiger partial charge in [-0.1, -0.05) is 16.7 Å². The quantitative estimate of drug-likeness (QED) is 0.488. The van der Waals surface area contributed by atoms with Crippen molar-refractivity contribution in [1.29, 1.82) is 0 Å². The van der Waals surface area contributed by atoms with Crippen molar-refractivity contribution in [2.45, 2.75) is 12.5 Å². The minimum atomic E-state index is -0.469. The van der Waals surface area contributed by atoms with Gasteiger partial charge in [0.25, 0.3) is 0 Å². The van der Waals surface area contributed by atoms with Crippen LogP contribution in [0.5, 0.6) is 5.75 Å². The fourth-order valence-electron chi connectivity index (χ4n) is 1.43. The number of aliphatic hydroxyl groups is 1. The Hall–Kier alpha value is -1.42. The zero-order chi connectivity index (χ0) is 12.0. The molecule has 1 rings (SSSR count). The van der Waals surface area contributed by atoms with Gasteiger partial charge in [-0.3, -0.25) is 0 Å². The molecule has 86 valence electrons. The smallest absolute Gasteiger partial charge is 0.122 e. The molecule has 0 saturated heterocycles. The standard InChI is InChI=1S/C10H12ClN3O2/c1-16-10-3-2-7(11)6-8(10)9(4-5-15)13-14-12/h2-3,6,9,15H,4-5H2,1H3. The molecule has 1 aromatic rings. The monoisotopic (exact) mass is 241 g/mol. The number of methoxy groups -OCH3 is 1. The minimum Gasteiger partial charge on any atom is -0.496 e. The molecule has 1 atom stereocenters. The highest BCUT2D eigenvalue weighted by Gasteiger charge is 2.14. The molecule has 1 N–H and O–H groups in total. The number of nitrogens with zero attached hydrogens (tertiary/aromatic N) is 3. The molecule has 16 heavy (non-hydrogen) atoms. The van der Waals surface area contributed by atoms with Gasteiger partial charge < -0.3 is 9.84 Å². The van der Waals surface area contributed by atoms with Crippen molar-refractivity contribution in [1.82, 2.24) is 0 Å². The second kappa shape index (κ2) is 6.23. The number of azide groups is 1. The maximum Gasteiger partial charge on any atom is 0.122 e. The summed E-state index contributed by atoms with van der Waals surface area (Å²) in [4.78, 5) is 2.75. The average Bonchev–Trinajstić information content (AvgIpc) is 2.29. The summed E-state index contributed by atoms with van der Waals surface area (Å²) >= 11 is 5.87. The topological polar surface area (TPSA) is 78.2 Å². The van der Waals surface area contributed by atoms with Crippen molar-refractivity contribution in [2.24, 2.45) is 5.11 Å². The Morgan fingerprint density at radius 3 is 2.94 bits per heavy atom. The van der Waals surface area contributed by atoms with Crippen LogP contribution < -0.4 is 4.74 Å². The molecule has 0 heterocycles. The summed E-state index contributed by atoms with van der Waals surface area (Å²) in [7, 11) is 1.53. The van der Waals surface area contributed by atoms with Gasteiger partial charge in [0.2, 0.25) is 0 Å². The molecule has 0 fully saturated rings. The van der Waals surface area contributed by atoms with Crippen LogP contribution in [0.4, 0.5) is 0 Å². The fraction of sp³-hybridized carbons (Fsp3) is 0.400. The second-order valence-electron chi connectivity index (χ2n) is 3.12. The molecule has 1 unspecified atom stereocenters. The molecule has 0 aromatic heterocycles. The fourth-order valence-corrected chi connectivity index (χ4v) is 1.61. The Labute approximate surface area is 98.2 Å². The average molecular weight is 242 g/mol. The van der Waals surface area contributed by atoms with Crippen LogP contribution in [0.25, 0.3) is 10.4 Å². The molecule has 6 heteroatoms. The Morgan fingerprint density at radius 1 is 1.62 bits per heavy atom. The van der Waals surface area contributed by atoms with Crippen LogP contribution in [0.15, 0.2) is 23.3 Å². The van der Waals surface area contributed by atoms with Gasteiger partial charge in [-0.15, -0.1) is 0 Å². The lowest BCUT2D eigenvalue weighted by Gasteiger charge is -2.14. The number of aliphatic hydroxyl groups excluding tert-OH is 1. The SMILES string of the molecule is COc1ccc(Cl)cc1C(CCO)N=[N+]=[N-]. The molecule has 0 saturated carbocycles. The molecule has 0 bridgehead atoms. The first kappa shape index (κ1) is 12.6. The molecule has 5 nitrogen and oxygen atoms in total. The lowest BCUT2D eigenvalue weighted by Crippen LogP contribution is -2.01. The summed E-state index contributed by atoms with van der Waals surface area (Å²) < 4.78 is 5.15. The summed E-state index contributed by atoms with van der Waals surface area (Å²) in [6.45, 7) is -0.0701. The highest BCUT2D eigenvalue weighted by Crippen LogP contribution is 2.32. The van der Waals surface area contributed by atoms with Crippen molar-refractivity contribution in [3.05, 3.63) is 39.2 Å². The largest absolute Gasteiger partial charge is 0.496 e. The van der Waals surface area contributed by atoms with E-state index >= 15 is 0 Å². The summed E-state index contributed by atoms with van der Waals surface area (Å²) in [5.41, 5.74) is 9.14. The van der Waals surface area contributed by atoms with Gasteiger partial charge in [0, 0.05) is 22.1 Å². The third-order valence-corrected chi connectivity index (χ3v) is 2.38. The van der Waals surface area contributed by atoms with Gasteiger partial charge in [-0.25, -0.2) is 0 Å². The van der Waals surface area contributed by atoms with Gasteiger partial charge in [0.15, 0.2) is 0 Å². The van der Waals surface area contributed by atoms with Gasteiger partial charge in [0.05, 0.1) is 13.2 Å². The Morgan fingerprint density at radius 2 is 2.38 bits per heavy atom. The van der Waals surface area contributed by atoms with Crippen molar-refractivity contribution in [2.75, 3.05) is 13.7 Å². The summed E-state index contributed by atoms with van der Waals surface area (Å²) in [6.07, 6.45) is 0.334. The highest BCUT2D eigenvalue weighted by atomic mass is 35.5. The van der Waals surface area contributed by atoms with E-state index in [1.54, 1.807) is 18.2 Å². The summed E-state index contributed by atoms with van der Waals surface area (Å²) in [5, 5.41) is 13.1. The van der Waals surface area contributed by atoms with Crippen molar-refractivity contribution < 1.29 is 9.84 Å². The third kappa shape index (κ3) is 3.03. The van der Waals surface area contributed by atoms with Crippen molar-refractivity contribution in [3.8, 4) is 5.75 Å².